The van der Waals surface area contributed by atoms with Crippen molar-refractivity contribution in [2.75, 3.05) is 7.11 Å². The zero-order chi connectivity index (χ0) is 18.0. The average molecular weight is 325 g/mol. The van der Waals surface area contributed by atoms with Crippen molar-refractivity contribution in [3.8, 4) is 0 Å². The van der Waals surface area contributed by atoms with E-state index in [-0.39, 0.29) is 11.0 Å². The number of hydrogen-bond acceptors (Lipinski definition) is 7. The molecule has 0 heterocycles. The summed E-state index contributed by atoms with van der Waals surface area (Å²) in [6.07, 6.45) is 0. The maximum Gasteiger partial charge on any atom is 0.491 e. The van der Waals surface area contributed by atoms with Crippen LogP contribution in [0.2, 0.25) is 0 Å². The molecule has 0 bridgehead atoms. The van der Waals surface area contributed by atoms with Gasteiger partial charge in [0.15, 0.2) is 0 Å². The molecule has 23 heavy (non-hydrogen) atoms. The van der Waals surface area contributed by atoms with Gasteiger partial charge >= 0.3 is 13.1 Å². The number of nitro benzene ring substituents is 1. The molecule has 0 spiro atoms. The van der Waals surface area contributed by atoms with Crippen molar-refractivity contribution in [2.45, 2.75) is 38.9 Å². The van der Waals surface area contributed by atoms with Crippen LogP contribution in [-0.4, -0.2) is 46.5 Å². The van der Waals surface area contributed by atoms with Crippen LogP contribution < -0.4 is 5.46 Å². The Kier molecular flexibility index (Phi) is 5.52. The van der Waals surface area contributed by atoms with Crippen molar-refractivity contribution in [1.82, 2.24) is 0 Å². The zero-order valence-electron chi connectivity index (χ0n) is 13.7. The second kappa shape index (κ2) is 6.65. The number of methoxy groups -OCH3 is 1. The predicted octanol–water partition coefficient (Wildman–Crippen LogP) is 0.635. The van der Waals surface area contributed by atoms with Gasteiger partial charge in [0.1, 0.15) is 5.56 Å². The number of rotatable bonds is 6. The average Bonchev–Trinajstić information content (AvgIpc) is 2.43. The molecule has 0 fully saturated rings. The van der Waals surface area contributed by atoms with E-state index in [0.717, 1.165) is 13.2 Å². The van der Waals surface area contributed by atoms with E-state index < -0.39 is 34.9 Å². The number of nitrogens with zero attached hydrogens (tertiary/aromatic N) is 1. The third-order valence-corrected chi connectivity index (χ3v) is 3.79. The second-order valence-corrected chi connectivity index (χ2v) is 6.06. The molecule has 0 saturated heterocycles. The number of esters is 1. The summed E-state index contributed by atoms with van der Waals surface area (Å²) in [7, 11) is -0.397. The van der Waals surface area contributed by atoms with Crippen LogP contribution in [0.5, 0.6) is 0 Å². The topological polar surface area (TPSA) is 119 Å². The number of carbonyl (C=O) groups is 1. The molecule has 0 aliphatic carbocycles. The molecule has 0 aromatic heterocycles. The lowest BCUT2D eigenvalue weighted by Gasteiger charge is -2.38. The summed E-state index contributed by atoms with van der Waals surface area (Å²) in [4.78, 5) is 21.9. The van der Waals surface area contributed by atoms with Gasteiger partial charge in [-0.2, -0.15) is 0 Å². The Labute approximate surface area is 134 Å². The van der Waals surface area contributed by atoms with Gasteiger partial charge in [-0.25, -0.2) is 4.79 Å². The first-order valence-electron chi connectivity index (χ1n) is 6.85. The fraction of sp³-hybridized carbons (Fsp3) is 0.500. The lowest BCUT2D eigenvalue weighted by molar-refractivity contribution is -0.385. The molecule has 0 saturated carbocycles. The maximum atomic E-state index is 11.5. The monoisotopic (exact) mass is 325 g/mol. The van der Waals surface area contributed by atoms with E-state index in [1.165, 1.54) is 26.0 Å². The van der Waals surface area contributed by atoms with Crippen molar-refractivity contribution in [3.63, 3.8) is 0 Å². The fourth-order valence-corrected chi connectivity index (χ4v) is 1.63. The first-order chi connectivity index (χ1) is 10.4. The van der Waals surface area contributed by atoms with E-state index in [1.54, 1.807) is 13.8 Å². The van der Waals surface area contributed by atoms with Crippen molar-refractivity contribution < 1.29 is 29.2 Å². The summed E-state index contributed by atoms with van der Waals surface area (Å²) in [5.74, 6) is -0.851. The molecule has 126 valence electrons. The summed E-state index contributed by atoms with van der Waals surface area (Å²) >= 11 is 0. The summed E-state index contributed by atoms with van der Waals surface area (Å²) < 4.78 is 9.90. The number of aliphatic hydroxyl groups is 1. The van der Waals surface area contributed by atoms with Crippen molar-refractivity contribution >= 4 is 24.2 Å². The van der Waals surface area contributed by atoms with Gasteiger partial charge in [0.25, 0.3) is 5.69 Å². The van der Waals surface area contributed by atoms with Crippen LogP contribution in [0.25, 0.3) is 0 Å². The number of carbonyl (C=O) groups excluding carboxylic acids is 1. The number of hydrogen-bond donors (Lipinski definition) is 2. The third kappa shape index (κ3) is 4.28. The van der Waals surface area contributed by atoms with Crippen LogP contribution in [0.15, 0.2) is 18.2 Å². The summed E-state index contributed by atoms with van der Waals surface area (Å²) in [6.45, 7) is 6.19. The highest BCUT2D eigenvalue weighted by Crippen LogP contribution is 2.26. The Morgan fingerprint density at radius 3 is 2.30 bits per heavy atom. The standard InChI is InChI=1S/C14H20BNO7/c1-13(2,18)14(3,4)23-15(19)9-6-7-10(12(17)22-5)11(8-9)16(20)21/h6-8,18-19H,1-5H3. The van der Waals surface area contributed by atoms with Gasteiger partial charge in [0.2, 0.25) is 0 Å². The van der Waals surface area contributed by atoms with Crippen LogP contribution in [0.1, 0.15) is 38.1 Å². The molecule has 1 aromatic rings. The molecule has 0 aliphatic rings. The molecule has 0 radical (unpaired) electrons. The minimum atomic E-state index is -1.51. The molecule has 9 heteroatoms. The molecule has 0 atom stereocenters. The lowest BCUT2D eigenvalue weighted by Crippen LogP contribution is -2.53. The van der Waals surface area contributed by atoms with E-state index in [4.69, 9.17) is 4.65 Å². The smallest absolute Gasteiger partial charge is 0.465 e. The molecular weight excluding hydrogens is 305 g/mol. The van der Waals surface area contributed by atoms with Gasteiger partial charge in [-0.15, -0.1) is 0 Å². The molecular formula is C14H20BNO7. The van der Waals surface area contributed by atoms with Gasteiger partial charge in [-0.3, -0.25) is 10.1 Å². The SMILES string of the molecule is COC(=O)c1ccc(B(O)OC(C)(C)C(C)(C)O)cc1[N+](=O)[O-]. The molecule has 1 rings (SSSR count). The lowest BCUT2D eigenvalue weighted by atomic mass is 9.76. The molecule has 8 nitrogen and oxygen atoms in total. The number of nitro groups is 1. The number of benzene rings is 1. The van der Waals surface area contributed by atoms with E-state index in [1.807, 2.05) is 0 Å². The first kappa shape index (κ1) is 19.1. The Morgan fingerprint density at radius 2 is 1.87 bits per heavy atom. The molecule has 0 unspecified atom stereocenters. The second-order valence-electron chi connectivity index (χ2n) is 6.06. The van der Waals surface area contributed by atoms with E-state index in [2.05, 4.69) is 4.74 Å². The zero-order valence-corrected chi connectivity index (χ0v) is 13.7. The molecule has 1 aromatic carbocycles. The Bertz CT molecular complexity index is 610. The van der Waals surface area contributed by atoms with Gasteiger partial charge < -0.3 is 19.5 Å². The van der Waals surface area contributed by atoms with Gasteiger partial charge in [-0.05, 0) is 39.2 Å². The Hall–Kier alpha value is -1.97. The Morgan fingerprint density at radius 1 is 1.30 bits per heavy atom. The predicted molar refractivity (Wildman–Crippen MR) is 83.5 cm³/mol. The van der Waals surface area contributed by atoms with E-state index in [9.17, 15) is 25.0 Å². The summed E-state index contributed by atoms with van der Waals surface area (Å²) in [5, 5.41) is 31.3. The van der Waals surface area contributed by atoms with Gasteiger partial charge in [-0.1, -0.05) is 6.07 Å². The highest BCUT2D eigenvalue weighted by atomic mass is 16.6. The van der Waals surface area contributed by atoms with E-state index >= 15 is 0 Å². The van der Waals surface area contributed by atoms with Crippen LogP contribution in [0.3, 0.4) is 0 Å². The van der Waals surface area contributed by atoms with Crippen LogP contribution in [0, 0.1) is 10.1 Å². The molecule has 2 N–H and O–H groups in total. The largest absolute Gasteiger partial charge is 0.491 e. The highest BCUT2D eigenvalue weighted by molar-refractivity contribution is 6.60. The quantitative estimate of drug-likeness (QED) is 0.341. The minimum Gasteiger partial charge on any atom is -0.465 e. The minimum absolute atomic E-state index is 0.0849. The summed E-state index contributed by atoms with van der Waals surface area (Å²) in [6, 6.07) is 3.55. The van der Waals surface area contributed by atoms with Crippen molar-refractivity contribution in [2.24, 2.45) is 0 Å². The van der Waals surface area contributed by atoms with Crippen LogP contribution in [0.4, 0.5) is 5.69 Å². The first-order valence-corrected chi connectivity index (χ1v) is 6.85. The van der Waals surface area contributed by atoms with Gasteiger partial charge in [0.05, 0.1) is 23.2 Å². The van der Waals surface area contributed by atoms with Crippen molar-refractivity contribution in [1.29, 1.82) is 0 Å². The number of ether oxygens (including phenoxy) is 1. The Balaban J connectivity index is 3.17. The molecule has 0 aliphatic heterocycles. The summed E-state index contributed by atoms with van der Waals surface area (Å²) in [5.41, 5.74) is -3.02. The van der Waals surface area contributed by atoms with Gasteiger partial charge in [0, 0.05) is 6.07 Å². The fourth-order valence-electron chi connectivity index (χ4n) is 1.63. The highest BCUT2D eigenvalue weighted by Gasteiger charge is 2.40. The normalized spacial score (nSPS) is 12.0. The molecule has 0 amide bonds. The van der Waals surface area contributed by atoms with E-state index in [0.29, 0.717) is 0 Å². The van der Waals surface area contributed by atoms with Crippen LogP contribution in [-0.2, 0) is 9.39 Å². The van der Waals surface area contributed by atoms with Crippen LogP contribution >= 0.6 is 0 Å². The third-order valence-electron chi connectivity index (χ3n) is 3.79. The maximum absolute atomic E-state index is 11.5. The van der Waals surface area contributed by atoms with Crippen molar-refractivity contribution in [3.05, 3.63) is 33.9 Å².